The van der Waals surface area contributed by atoms with Gasteiger partial charge in [-0.05, 0) is 59.1 Å². The number of fused-ring (bicyclic) bond motifs is 1. The zero-order valence-electron chi connectivity index (χ0n) is 28.3. The molecule has 48 heavy (non-hydrogen) atoms. The first-order valence-electron chi connectivity index (χ1n) is 16.0. The van der Waals surface area contributed by atoms with Crippen molar-refractivity contribution >= 4 is 23.2 Å². The molecule has 2 amide bonds. The molecule has 0 aliphatic heterocycles. The third kappa shape index (κ3) is 6.45. The minimum absolute atomic E-state index is 0.514. The van der Waals surface area contributed by atoms with Crippen molar-refractivity contribution < 1.29 is 24.5 Å². The fraction of sp³-hybridized carbons (Fsp3) is 0.308. The lowest BCUT2D eigenvalue weighted by Gasteiger charge is -2.56. The van der Waals surface area contributed by atoms with E-state index in [1.807, 2.05) is 126 Å². The number of aryl methyl sites for hydroxylation is 1. The summed E-state index contributed by atoms with van der Waals surface area (Å²) in [5.74, 6) is 0.649. The van der Waals surface area contributed by atoms with E-state index in [-0.39, 0.29) is 0 Å². The number of carbonyl (C=O) groups is 2. The molecule has 9 heteroatoms. The van der Waals surface area contributed by atoms with E-state index in [4.69, 9.17) is 14.7 Å². The third-order valence-electron chi connectivity index (χ3n) is 8.79. The maximum Gasteiger partial charge on any atom is 0.417 e. The van der Waals surface area contributed by atoms with Crippen molar-refractivity contribution in [2.75, 3.05) is 6.61 Å². The average Bonchev–Trinajstić information content (AvgIpc) is 3.04. The second kappa shape index (κ2) is 13.4. The molecule has 0 aliphatic rings. The SMILES string of the molecule is CC(C)(C)C(c1ccc(-c2nc3cccc(OCCCc4ccncc4)c3nc2-c2ccccc2)cc1)(N(C(=O)O)C(=O)O)C(C)(C)C. The molecule has 2 heterocycles. The highest BCUT2D eigenvalue weighted by molar-refractivity contribution is 5.90. The van der Waals surface area contributed by atoms with Crippen LogP contribution in [-0.4, -0.2) is 48.9 Å². The number of pyridine rings is 1. The molecule has 0 unspecified atom stereocenters. The summed E-state index contributed by atoms with van der Waals surface area (Å²) in [7, 11) is 0. The van der Waals surface area contributed by atoms with Gasteiger partial charge in [-0.2, -0.15) is 0 Å². The second-order valence-electron chi connectivity index (χ2n) is 13.9. The molecule has 3 aromatic carbocycles. The van der Waals surface area contributed by atoms with E-state index in [1.54, 1.807) is 12.4 Å². The van der Waals surface area contributed by atoms with Crippen molar-refractivity contribution in [2.24, 2.45) is 10.8 Å². The zero-order valence-corrected chi connectivity index (χ0v) is 28.3. The van der Waals surface area contributed by atoms with Crippen LogP contribution in [0, 0.1) is 10.8 Å². The van der Waals surface area contributed by atoms with Gasteiger partial charge in [-0.15, -0.1) is 0 Å². The number of amides is 2. The van der Waals surface area contributed by atoms with Gasteiger partial charge in [0.25, 0.3) is 0 Å². The molecule has 5 aromatic rings. The van der Waals surface area contributed by atoms with E-state index >= 15 is 0 Å². The van der Waals surface area contributed by atoms with E-state index < -0.39 is 28.6 Å². The topological polar surface area (TPSA) is 126 Å². The average molecular weight is 647 g/mol. The monoisotopic (exact) mass is 646 g/mol. The molecular weight excluding hydrogens is 604 g/mol. The third-order valence-corrected chi connectivity index (χ3v) is 8.79. The van der Waals surface area contributed by atoms with Gasteiger partial charge in [-0.1, -0.05) is 102 Å². The molecule has 248 valence electrons. The fourth-order valence-corrected chi connectivity index (χ4v) is 7.20. The van der Waals surface area contributed by atoms with Crippen LogP contribution in [0.3, 0.4) is 0 Å². The standard InChI is InChI=1S/C39H42N4O5/c1-37(2,3)39(38(4,5)6,43(35(44)45)36(46)47)29-19-17-28(18-20-29)32-33(27-13-8-7-9-14-27)42-34-30(41-32)15-10-16-31(34)48-25-11-12-26-21-23-40-24-22-26/h7-10,13-24H,11-12,25H2,1-6H3,(H,44,45)(H,46,47). The largest absolute Gasteiger partial charge is 0.491 e. The van der Waals surface area contributed by atoms with Crippen LogP contribution >= 0.6 is 0 Å². The Bertz CT molecular complexity index is 1870. The Balaban J connectivity index is 1.60. The number of hydrogen-bond donors (Lipinski definition) is 2. The van der Waals surface area contributed by atoms with Crippen molar-refractivity contribution in [2.45, 2.75) is 59.9 Å². The van der Waals surface area contributed by atoms with E-state index in [0.717, 1.165) is 24.0 Å². The summed E-state index contributed by atoms with van der Waals surface area (Å²) in [6.45, 7) is 11.7. The molecule has 0 radical (unpaired) electrons. The van der Waals surface area contributed by atoms with Gasteiger partial charge in [0.05, 0.1) is 29.1 Å². The lowest BCUT2D eigenvalue weighted by Crippen LogP contribution is -2.64. The van der Waals surface area contributed by atoms with Crippen molar-refractivity contribution in [3.05, 3.63) is 108 Å². The predicted molar refractivity (Wildman–Crippen MR) is 187 cm³/mol. The Kier molecular flexibility index (Phi) is 9.52. The quantitative estimate of drug-likeness (QED) is 0.152. The Morgan fingerprint density at radius 3 is 1.88 bits per heavy atom. The van der Waals surface area contributed by atoms with Crippen LogP contribution in [-0.2, 0) is 12.0 Å². The van der Waals surface area contributed by atoms with Gasteiger partial charge in [-0.25, -0.2) is 24.5 Å². The van der Waals surface area contributed by atoms with E-state index in [2.05, 4.69) is 4.98 Å². The summed E-state index contributed by atoms with van der Waals surface area (Å²) in [5.41, 5.74) is 2.97. The van der Waals surface area contributed by atoms with Gasteiger partial charge in [0, 0.05) is 23.5 Å². The zero-order chi connectivity index (χ0) is 34.7. The summed E-state index contributed by atoms with van der Waals surface area (Å²) >= 11 is 0. The predicted octanol–water partition coefficient (Wildman–Crippen LogP) is 9.32. The van der Waals surface area contributed by atoms with E-state index in [1.165, 1.54) is 5.56 Å². The van der Waals surface area contributed by atoms with E-state index in [9.17, 15) is 19.8 Å². The highest BCUT2D eigenvalue weighted by Crippen LogP contribution is 2.56. The molecule has 0 spiro atoms. The number of hydrogen-bond acceptors (Lipinski definition) is 6. The Morgan fingerprint density at radius 1 is 0.708 bits per heavy atom. The van der Waals surface area contributed by atoms with Gasteiger partial charge < -0.3 is 14.9 Å². The summed E-state index contributed by atoms with van der Waals surface area (Å²) in [5, 5.41) is 20.4. The number of nitrogens with zero attached hydrogens (tertiary/aromatic N) is 4. The van der Waals surface area contributed by atoms with Crippen molar-refractivity contribution in [1.82, 2.24) is 19.9 Å². The van der Waals surface area contributed by atoms with Crippen LogP contribution in [0.2, 0.25) is 0 Å². The first kappa shape index (κ1) is 34.0. The van der Waals surface area contributed by atoms with Crippen molar-refractivity contribution in [1.29, 1.82) is 0 Å². The van der Waals surface area contributed by atoms with E-state index in [0.29, 0.717) is 45.2 Å². The number of para-hydroxylation sites is 1. The lowest BCUT2D eigenvalue weighted by molar-refractivity contribution is -0.0664. The van der Waals surface area contributed by atoms with Crippen LogP contribution in [0.1, 0.15) is 59.1 Å². The van der Waals surface area contributed by atoms with Gasteiger partial charge in [0.2, 0.25) is 0 Å². The van der Waals surface area contributed by atoms with Crippen LogP contribution in [0.15, 0.2) is 97.3 Å². The molecular formula is C39H42N4O5. The van der Waals surface area contributed by atoms with Gasteiger partial charge in [-0.3, -0.25) is 4.98 Å². The maximum atomic E-state index is 12.6. The highest BCUT2D eigenvalue weighted by Gasteiger charge is 2.60. The second-order valence-corrected chi connectivity index (χ2v) is 13.9. The molecule has 2 aromatic heterocycles. The highest BCUT2D eigenvalue weighted by atomic mass is 16.5. The molecule has 0 saturated heterocycles. The summed E-state index contributed by atoms with van der Waals surface area (Å²) in [4.78, 5) is 40.0. The van der Waals surface area contributed by atoms with Crippen molar-refractivity contribution in [3.63, 3.8) is 0 Å². The number of imide groups is 1. The number of ether oxygens (including phenoxy) is 1. The first-order valence-corrected chi connectivity index (χ1v) is 16.0. The molecule has 2 N–H and O–H groups in total. The van der Waals surface area contributed by atoms with Crippen LogP contribution < -0.4 is 4.74 Å². The van der Waals surface area contributed by atoms with Crippen LogP contribution in [0.4, 0.5) is 9.59 Å². The van der Waals surface area contributed by atoms with Crippen LogP contribution in [0.5, 0.6) is 5.75 Å². The Morgan fingerprint density at radius 2 is 1.29 bits per heavy atom. The lowest BCUT2D eigenvalue weighted by atomic mass is 9.56. The molecule has 0 saturated carbocycles. The minimum atomic E-state index is -1.53. The normalized spacial score (nSPS) is 12.1. The van der Waals surface area contributed by atoms with Crippen LogP contribution in [0.25, 0.3) is 33.5 Å². The van der Waals surface area contributed by atoms with Gasteiger partial charge >= 0.3 is 12.2 Å². The maximum absolute atomic E-state index is 12.6. The molecule has 0 bridgehead atoms. The smallest absolute Gasteiger partial charge is 0.417 e. The number of rotatable bonds is 9. The molecule has 0 atom stereocenters. The summed E-state index contributed by atoms with van der Waals surface area (Å²) < 4.78 is 6.24. The molecule has 9 nitrogen and oxygen atoms in total. The fourth-order valence-electron chi connectivity index (χ4n) is 7.20. The Labute approximate surface area is 281 Å². The molecule has 5 rings (SSSR count). The minimum Gasteiger partial charge on any atom is -0.491 e. The number of aromatic nitrogens is 3. The summed E-state index contributed by atoms with van der Waals surface area (Å²) in [6.07, 6.45) is 2.22. The molecule has 0 fully saturated rings. The van der Waals surface area contributed by atoms with Gasteiger partial charge in [0.15, 0.2) is 0 Å². The number of benzene rings is 3. The van der Waals surface area contributed by atoms with Crippen molar-refractivity contribution in [3.8, 4) is 28.3 Å². The molecule has 0 aliphatic carbocycles. The Hall–Kier alpha value is -5.31. The van der Waals surface area contributed by atoms with Gasteiger partial charge in [0.1, 0.15) is 11.3 Å². The first-order chi connectivity index (χ1) is 22.8. The number of carboxylic acid groups (broad SMARTS) is 2. The summed E-state index contributed by atoms with van der Waals surface area (Å²) in [6, 6.07) is 26.9.